The van der Waals surface area contributed by atoms with E-state index in [-0.39, 0.29) is 0 Å². The third kappa shape index (κ3) is 4.49. The molecule has 0 radical (unpaired) electrons. The Morgan fingerprint density at radius 1 is 0.857 bits per heavy atom. The molecule has 0 atom stereocenters. The van der Waals surface area contributed by atoms with Crippen LogP contribution in [0.15, 0.2) is 0 Å². The quantitative estimate of drug-likeness (QED) is 0.547. The summed E-state index contributed by atoms with van der Waals surface area (Å²) in [6.45, 7) is 0. The molecule has 0 bridgehead atoms. The Labute approximate surface area is 64.6 Å². The Bertz CT molecular complexity index is 31.7. The van der Waals surface area contributed by atoms with Crippen LogP contribution >= 0.6 is 3.99 Å². The van der Waals surface area contributed by atoms with Gasteiger partial charge in [0.05, 0.1) is 0 Å². The van der Waals surface area contributed by atoms with Crippen molar-refractivity contribution in [3.05, 3.63) is 0 Å². The van der Waals surface area contributed by atoms with Crippen LogP contribution in [0.25, 0.3) is 0 Å². The van der Waals surface area contributed by atoms with E-state index in [2.05, 4.69) is 17.5 Å². The van der Waals surface area contributed by atoms with E-state index in [1.807, 2.05) is 0 Å². The minimum absolute atomic E-state index is 0.633. The Kier molecular flexibility index (Phi) is 7.85. The van der Waals surface area contributed by atoms with E-state index in [1.165, 1.54) is 0 Å². The van der Waals surface area contributed by atoms with Crippen LogP contribution in [0.3, 0.4) is 0 Å². The van der Waals surface area contributed by atoms with Crippen LogP contribution < -0.4 is 0 Å². The molecule has 0 aromatic heterocycles. The van der Waals surface area contributed by atoms with Gasteiger partial charge in [-0.2, -0.15) is 0 Å². The van der Waals surface area contributed by atoms with E-state index in [9.17, 15) is 0 Å². The standard InChI is InChI=1S/C3H9PSe3/c1-5-4(6-2)7-3/h1-3H3. The molecule has 0 aliphatic carbocycles. The summed E-state index contributed by atoms with van der Waals surface area (Å²) in [7, 11) is 0. The van der Waals surface area contributed by atoms with Gasteiger partial charge < -0.3 is 0 Å². The van der Waals surface area contributed by atoms with Gasteiger partial charge in [-0.05, 0) is 0 Å². The molecule has 0 saturated carbocycles. The molecule has 0 spiro atoms. The number of rotatable bonds is 3. The minimum atomic E-state index is 0.633. The molecule has 0 saturated heterocycles. The van der Waals surface area contributed by atoms with Gasteiger partial charge in [0.1, 0.15) is 0 Å². The molecule has 0 fully saturated rings. The first kappa shape index (κ1) is 8.99. The predicted molar refractivity (Wildman–Crippen MR) is 41.8 cm³/mol. The SMILES string of the molecule is C[Se]P([Se]C)[Se]C. The second kappa shape index (κ2) is 6.11. The monoisotopic (exact) mass is 316 g/mol. The molecule has 0 unspecified atom stereocenters. The Morgan fingerprint density at radius 2 is 1.14 bits per heavy atom. The van der Waals surface area contributed by atoms with Crippen LogP contribution in [0.4, 0.5) is 0 Å². The summed E-state index contributed by atoms with van der Waals surface area (Å²) >= 11 is 3.04. The third-order valence-corrected chi connectivity index (χ3v) is 36.2. The van der Waals surface area contributed by atoms with Gasteiger partial charge in [0, 0.05) is 0 Å². The van der Waals surface area contributed by atoms with Crippen molar-refractivity contribution >= 4 is 47.5 Å². The zero-order valence-electron chi connectivity index (χ0n) is 4.67. The van der Waals surface area contributed by atoms with Gasteiger partial charge >= 0.3 is 65.0 Å². The van der Waals surface area contributed by atoms with Crippen molar-refractivity contribution in [2.45, 2.75) is 17.5 Å². The second-order valence-electron chi connectivity index (χ2n) is 0.771. The van der Waals surface area contributed by atoms with E-state index in [1.54, 1.807) is 0 Å². The van der Waals surface area contributed by atoms with Crippen LogP contribution in [0.2, 0.25) is 17.5 Å². The van der Waals surface area contributed by atoms with Crippen molar-refractivity contribution in [1.29, 1.82) is 0 Å². The zero-order chi connectivity index (χ0) is 5.70. The molecule has 0 heterocycles. The molecule has 7 heavy (non-hydrogen) atoms. The molecule has 0 aliphatic rings. The average molecular weight is 313 g/mol. The zero-order valence-corrected chi connectivity index (χ0v) is 10.7. The Morgan fingerprint density at radius 3 is 1.14 bits per heavy atom. The first-order valence-corrected chi connectivity index (χ1v) is 14.9. The summed E-state index contributed by atoms with van der Waals surface area (Å²) in [5.41, 5.74) is 0. The third-order valence-electron chi connectivity index (χ3n) is 0.447. The Balaban J connectivity index is 2.99. The number of hydrogen-bond donors (Lipinski definition) is 0. The molecule has 0 nitrogen and oxygen atoms in total. The van der Waals surface area contributed by atoms with Gasteiger partial charge in [0.25, 0.3) is 0 Å². The van der Waals surface area contributed by atoms with E-state index in [0.717, 1.165) is 43.5 Å². The van der Waals surface area contributed by atoms with Gasteiger partial charge in [-0.25, -0.2) is 0 Å². The van der Waals surface area contributed by atoms with Crippen LogP contribution in [0, 0.1) is 0 Å². The summed E-state index contributed by atoms with van der Waals surface area (Å²) in [6, 6.07) is 0. The van der Waals surface area contributed by atoms with Crippen molar-refractivity contribution in [3.63, 3.8) is 0 Å². The molecular formula is C3H9PSe3. The van der Waals surface area contributed by atoms with Crippen molar-refractivity contribution in [3.8, 4) is 0 Å². The van der Waals surface area contributed by atoms with Gasteiger partial charge in [-0.1, -0.05) is 0 Å². The van der Waals surface area contributed by atoms with Crippen molar-refractivity contribution < 1.29 is 0 Å². The van der Waals surface area contributed by atoms with E-state index in [4.69, 9.17) is 0 Å². The summed E-state index contributed by atoms with van der Waals surface area (Å²) < 4.78 is 0.633. The summed E-state index contributed by atoms with van der Waals surface area (Å²) in [4.78, 5) is 0. The molecule has 44 valence electrons. The molecule has 0 aliphatic heterocycles. The predicted octanol–water partition coefficient (Wildman–Crippen LogP) is 1.47. The summed E-state index contributed by atoms with van der Waals surface area (Å²) in [5, 5.41) is 0. The van der Waals surface area contributed by atoms with Crippen molar-refractivity contribution in [2.75, 3.05) is 0 Å². The molecule has 0 N–H and O–H groups in total. The van der Waals surface area contributed by atoms with Crippen LogP contribution in [0.1, 0.15) is 0 Å². The van der Waals surface area contributed by atoms with E-state index in [0.29, 0.717) is 3.99 Å². The topological polar surface area (TPSA) is 0 Å². The van der Waals surface area contributed by atoms with Crippen LogP contribution in [-0.2, 0) is 0 Å². The molecule has 0 aromatic rings. The molecule has 0 aromatic carbocycles. The molecule has 0 amide bonds. The second-order valence-corrected chi connectivity index (χ2v) is 26.7. The average Bonchev–Trinajstić information content (AvgIpc) is 1.72. The maximum atomic E-state index is 2.38. The maximum absolute atomic E-state index is 2.38. The van der Waals surface area contributed by atoms with Crippen LogP contribution in [0.5, 0.6) is 0 Å². The fourth-order valence-corrected chi connectivity index (χ4v) is 18.1. The fraction of sp³-hybridized carbons (Fsp3) is 1.00. The van der Waals surface area contributed by atoms with Gasteiger partial charge in [0.15, 0.2) is 0 Å². The van der Waals surface area contributed by atoms with Crippen molar-refractivity contribution in [2.24, 2.45) is 0 Å². The van der Waals surface area contributed by atoms with Gasteiger partial charge in [-0.15, -0.1) is 0 Å². The summed E-state index contributed by atoms with van der Waals surface area (Å²) in [6.07, 6.45) is 0. The molecular weight excluding hydrogens is 304 g/mol. The van der Waals surface area contributed by atoms with Crippen LogP contribution in [-0.4, -0.2) is 43.5 Å². The Hall–Kier alpha value is 1.99. The van der Waals surface area contributed by atoms with Crippen molar-refractivity contribution in [1.82, 2.24) is 0 Å². The molecule has 4 heteroatoms. The normalized spacial score (nSPS) is 10.3. The summed E-state index contributed by atoms with van der Waals surface area (Å²) in [5.74, 6) is 7.15. The fourth-order valence-electron chi connectivity index (χ4n) is 0.224. The molecule has 0 rings (SSSR count). The van der Waals surface area contributed by atoms with E-state index < -0.39 is 0 Å². The van der Waals surface area contributed by atoms with Gasteiger partial charge in [0.2, 0.25) is 0 Å². The first-order valence-electron chi connectivity index (χ1n) is 1.77. The van der Waals surface area contributed by atoms with E-state index >= 15 is 0 Å². The first-order chi connectivity index (χ1) is 3.35. The van der Waals surface area contributed by atoms with Gasteiger partial charge in [-0.3, -0.25) is 0 Å². The number of hydrogen-bond acceptors (Lipinski definition) is 0.